The fraction of sp³-hybridized carbons (Fsp3) is 0.429. The fourth-order valence-electron chi connectivity index (χ4n) is 4.08. The van der Waals surface area contributed by atoms with Gasteiger partial charge < -0.3 is 14.6 Å². The molecule has 32 heavy (non-hydrogen) atoms. The van der Waals surface area contributed by atoms with Crippen LogP contribution < -0.4 is 5.32 Å². The predicted molar refractivity (Wildman–Crippen MR) is 112 cm³/mol. The first-order valence-electron chi connectivity index (χ1n) is 10.5. The summed E-state index contributed by atoms with van der Waals surface area (Å²) >= 11 is 0. The molecule has 0 bridgehead atoms. The van der Waals surface area contributed by atoms with Crippen LogP contribution in [0, 0.1) is 0 Å². The van der Waals surface area contributed by atoms with Crippen LogP contribution in [0.4, 0.5) is 0 Å². The molecule has 2 atom stereocenters. The molecule has 1 N–H and O–H groups in total. The number of hydrogen-bond acceptors (Lipinski definition) is 7. The maximum Gasteiger partial charge on any atom is 0.290 e. The Bertz CT molecular complexity index is 1090. The van der Waals surface area contributed by atoms with Crippen molar-refractivity contribution in [2.75, 3.05) is 19.6 Å². The molecule has 2 amide bonds. The molecular formula is C21H24N4O6S. The Morgan fingerprint density at radius 1 is 1.09 bits per heavy atom. The van der Waals surface area contributed by atoms with E-state index in [1.54, 1.807) is 24.3 Å². The average Bonchev–Trinajstić information content (AvgIpc) is 3.47. The summed E-state index contributed by atoms with van der Waals surface area (Å²) in [4.78, 5) is 43.7. The van der Waals surface area contributed by atoms with E-state index >= 15 is 0 Å². The van der Waals surface area contributed by atoms with Gasteiger partial charge in [0, 0.05) is 19.3 Å². The van der Waals surface area contributed by atoms with Crippen LogP contribution in [0.2, 0.25) is 0 Å². The van der Waals surface area contributed by atoms with Crippen LogP contribution in [-0.2, 0) is 19.6 Å². The van der Waals surface area contributed by atoms with Gasteiger partial charge in [0.1, 0.15) is 6.04 Å². The molecular weight excluding hydrogens is 436 g/mol. The number of nitrogens with zero attached hydrogens (tertiary/aromatic N) is 3. The molecule has 2 saturated heterocycles. The lowest BCUT2D eigenvalue weighted by Crippen LogP contribution is -2.51. The molecule has 10 nitrogen and oxygen atoms in total. The summed E-state index contributed by atoms with van der Waals surface area (Å²) in [6, 6.07) is 6.20. The zero-order valence-electron chi connectivity index (χ0n) is 17.3. The highest BCUT2D eigenvalue weighted by Crippen LogP contribution is 2.22. The first kappa shape index (κ1) is 22.2. The van der Waals surface area contributed by atoms with E-state index in [1.165, 1.54) is 23.4 Å². The second kappa shape index (κ2) is 9.21. The SMILES string of the molecule is O=C1CN(S(=O)(=O)c2ccccn2)CCCC1NC(=O)[C@@H]1CCCN1C(=O)c1ccco1. The second-order valence-electron chi connectivity index (χ2n) is 7.81. The smallest absolute Gasteiger partial charge is 0.290 e. The van der Waals surface area contributed by atoms with Crippen molar-refractivity contribution in [1.82, 2.24) is 19.5 Å². The van der Waals surface area contributed by atoms with Gasteiger partial charge in [-0.05, 0) is 49.9 Å². The van der Waals surface area contributed by atoms with Crippen molar-refractivity contribution < 1.29 is 27.2 Å². The number of sulfonamides is 1. The van der Waals surface area contributed by atoms with Gasteiger partial charge >= 0.3 is 0 Å². The third-order valence-corrected chi connectivity index (χ3v) is 7.49. The highest BCUT2D eigenvalue weighted by atomic mass is 32.2. The maximum absolute atomic E-state index is 12.9. The minimum atomic E-state index is -3.91. The van der Waals surface area contributed by atoms with E-state index < -0.39 is 33.8 Å². The zero-order chi connectivity index (χ0) is 22.7. The number of Topliss-reactive ketones (excluding diaryl/α,β-unsaturated/α-hetero) is 1. The van der Waals surface area contributed by atoms with E-state index in [0.29, 0.717) is 32.2 Å². The first-order valence-corrected chi connectivity index (χ1v) is 11.9. The summed E-state index contributed by atoms with van der Waals surface area (Å²) in [5.74, 6) is -1.02. The van der Waals surface area contributed by atoms with Gasteiger partial charge in [-0.25, -0.2) is 13.4 Å². The fourth-order valence-corrected chi connectivity index (χ4v) is 5.45. The Kier molecular flexibility index (Phi) is 6.38. The third kappa shape index (κ3) is 4.44. The molecule has 0 aliphatic carbocycles. The molecule has 2 aliphatic heterocycles. The van der Waals surface area contributed by atoms with Crippen molar-refractivity contribution in [3.05, 3.63) is 48.6 Å². The van der Waals surface area contributed by atoms with Crippen LogP contribution in [-0.4, -0.2) is 71.9 Å². The molecule has 4 heterocycles. The summed E-state index contributed by atoms with van der Waals surface area (Å²) in [5, 5.41) is 2.63. The maximum atomic E-state index is 12.9. The van der Waals surface area contributed by atoms with E-state index in [1.807, 2.05) is 0 Å². The number of carbonyl (C=O) groups is 3. The number of ketones is 1. The van der Waals surface area contributed by atoms with Crippen molar-refractivity contribution >= 4 is 27.6 Å². The number of likely N-dealkylation sites (tertiary alicyclic amines) is 1. The number of aromatic nitrogens is 1. The first-order chi connectivity index (χ1) is 15.4. The Labute approximate surface area is 185 Å². The van der Waals surface area contributed by atoms with Crippen LogP contribution in [0.3, 0.4) is 0 Å². The molecule has 0 aromatic carbocycles. The van der Waals surface area contributed by atoms with Crippen molar-refractivity contribution in [1.29, 1.82) is 0 Å². The molecule has 11 heteroatoms. The molecule has 2 aromatic rings. The lowest BCUT2D eigenvalue weighted by molar-refractivity contribution is -0.130. The van der Waals surface area contributed by atoms with E-state index in [2.05, 4.69) is 10.3 Å². The van der Waals surface area contributed by atoms with Crippen LogP contribution in [0.5, 0.6) is 0 Å². The monoisotopic (exact) mass is 460 g/mol. The zero-order valence-corrected chi connectivity index (χ0v) is 18.2. The average molecular weight is 461 g/mol. The van der Waals surface area contributed by atoms with Gasteiger partial charge in [0.2, 0.25) is 5.91 Å². The standard InChI is InChI=1S/C21H24N4O6S/c26-17-14-24(32(29,30)19-9-1-2-10-22-19)11-3-6-15(17)23-20(27)16-7-4-12-25(16)21(28)18-8-5-13-31-18/h1-2,5,8-10,13,15-16H,3-4,6-7,11-12,14H2,(H,23,27)/t15?,16-/m0/s1. The molecule has 170 valence electrons. The van der Waals surface area contributed by atoms with Crippen LogP contribution >= 0.6 is 0 Å². The molecule has 0 saturated carbocycles. The number of amides is 2. The third-order valence-electron chi connectivity index (χ3n) is 5.73. The van der Waals surface area contributed by atoms with Crippen molar-refractivity contribution in [3.63, 3.8) is 0 Å². The van der Waals surface area contributed by atoms with Gasteiger partial charge in [-0.3, -0.25) is 14.4 Å². The number of carbonyl (C=O) groups excluding carboxylic acids is 3. The van der Waals surface area contributed by atoms with Gasteiger partial charge in [-0.2, -0.15) is 4.31 Å². The molecule has 1 unspecified atom stereocenters. The van der Waals surface area contributed by atoms with E-state index in [-0.39, 0.29) is 29.8 Å². The number of rotatable bonds is 5. The summed E-state index contributed by atoms with van der Waals surface area (Å²) < 4.78 is 31.9. The molecule has 2 aliphatic rings. The van der Waals surface area contributed by atoms with Crippen molar-refractivity contribution in [2.24, 2.45) is 0 Å². The lowest BCUT2D eigenvalue weighted by atomic mass is 10.1. The molecule has 2 fully saturated rings. The van der Waals surface area contributed by atoms with Crippen LogP contribution in [0.15, 0.2) is 52.2 Å². The summed E-state index contributed by atoms with van der Waals surface area (Å²) in [6.07, 6.45) is 4.65. The molecule has 0 spiro atoms. The van der Waals surface area contributed by atoms with Crippen LogP contribution in [0.25, 0.3) is 0 Å². The van der Waals surface area contributed by atoms with Gasteiger partial charge in [-0.1, -0.05) is 6.07 Å². The van der Waals surface area contributed by atoms with Gasteiger partial charge in [0.15, 0.2) is 16.6 Å². The number of nitrogens with one attached hydrogen (secondary N) is 1. The number of pyridine rings is 1. The molecule has 0 radical (unpaired) electrons. The number of furan rings is 1. The number of hydrogen-bond donors (Lipinski definition) is 1. The van der Waals surface area contributed by atoms with Crippen molar-refractivity contribution in [3.8, 4) is 0 Å². The second-order valence-corrected chi connectivity index (χ2v) is 9.69. The quantitative estimate of drug-likeness (QED) is 0.699. The van der Waals surface area contributed by atoms with E-state index in [4.69, 9.17) is 4.42 Å². The predicted octanol–water partition coefficient (Wildman–Crippen LogP) is 0.818. The minimum Gasteiger partial charge on any atom is -0.459 e. The van der Waals surface area contributed by atoms with E-state index in [0.717, 1.165) is 4.31 Å². The van der Waals surface area contributed by atoms with E-state index in [9.17, 15) is 22.8 Å². The van der Waals surface area contributed by atoms with Gasteiger partial charge in [0.05, 0.1) is 18.8 Å². The summed E-state index contributed by atoms with van der Waals surface area (Å²) in [7, 11) is -3.91. The Hall–Kier alpha value is -3.05. The lowest BCUT2D eigenvalue weighted by Gasteiger charge is -2.25. The Morgan fingerprint density at radius 2 is 1.91 bits per heavy atom. The highest BCUT2D eigenvalue weighted by Gasteiger charge is 2.38. The Morgan fingerprint density at radius 3 is 2.62 bits per heavy atom. The topological polar surface area (TPSA) is 130 Å². The normalized spacial score (nSPS) is 22.5. The van der Waals surface area contributed by atoms with Crippen molar-refractivity contribution in [2.45, 2.75) is 42.8 Å². The highest BCUT2D eigenvalue weighted by molar-refractivity contribution is 7.89. The summed E-state index contributed by atoms with van der Waals surface area (Å²) in [5.41, 5.74) is 0. The summed E-state index contributed by atoms with van der Waals surface area (Å²) in [6.45, 7) is 0.236. The largest absolute Gasteiger partial charge is 0.459 e. The molecule has 2 aromatic heterocycles. The van der Waals surface area contributed by atoms with Gasteiger partial charge in [0.25, 0.3) is 15.9 Å². The van der Waals surface area contributed by atoms with Crippen LogP contribution in [0.1, 0.15) is 36.2 Å². The molecule has 4 rings (SSSR count). The Balaban J connectivity index is 1.42. The minimum absolute atomic E-state index is 0.117. The van der Waals surface area contributed by atoms with Gasteiger partial charge in [-0.15, -0.1) is 0 Å².